The molecule has 1 N–H and O–H groups in total. The van der Waals surface area contributed by atoms with Crippen LogP contribution < -0.4 is 0 Å². The van der Waals surface area contributed by atoms with Crippen molar-refractivity contribution in [2.24, 2.45) is 0 Å². The van der Waals surface area contributed by atoms with Crippen LogP contribution in [-0.2, 0) is 25.8 Å². The lowest BCUT2D eigenvalue weighted by molar-refractivity contribution is 0.294. The van der Waals surface area contributed by atoms with Gasteiger partial charge in [0.2, 0.25) is 0 Å². The molecular formula is C13H22N2O. The summed E-state index contributed by atoms with van der Waals surface area (Å²) in [7, 11) is 0. The SMILES string of the molecule is CCCCn1c(CCO)nc2c1CCCC2. The standard InChI is InChI=1S/C13H22N2O/c1-2-3-9-15-12-7-5-4-6-11(12)14-13(15)8-10-16/h16H,2-10H2,1H3. The minimum atomic E-state index is 0.210. The average Bonchev–Trinajstić information content (AvgIpc) is 2.65. The highest BCUT2D eigenvalue weighted by atomic mass is 16.3. The van der Waals surface area contributed by atoms with Crippen LogP contribution >= 0.6 is 0 Å². The van der Waals surface area contributed by atoms with Gasteiger partial charge in [0.15, 0.2) is 0 Å². The molecule has 1 aromatic rings. The molecule has 3 nitrogen and oxygen atoms in total. The molecule has 1 aliphatic rings. The molecule has 16 heavy (non-hydrogen) atoms. The number of rotatable bonds is 5. The van der Waals surface area contributed by atoms with Gasteiger partial charge in [0.1, 0.15) is 5.82 Å². The van der Waals surface area contributed by atoms with Gasteiger partial charge < -0.3 is 9.67 Å². The van der Waals surface area contributed by atoms with Crippen molar-refractivity contribution in [2.45, 2.75) is 58.4 Å². The van der Waals surface area contributed by atoms with Gasteiger partial charge in [-0.2, -0.15) is 0 Å². The third kappa shape index (κ3) is 2.29. The highest BCUT2D eigenvalue weighted by Gasteiger charge is 2.18. The fraction of sp³-hybridized carbons (Fsp3) is 0.769. The maximum atomic E-state index is 9.08. The van der Waals surface area contributed by atoms with Crippen LogP contribution in [0.5, 0.6) is 0 Å². The van der Waals surface area contributed by atoms with Gasteiger partial charge in [-0.15, -0.1) is 0 Å². The van der Waals surface area contributed by atoms with Crippen LogP contribution in [0.3, 0.4) is 0 Å². The summed E-state index contributed by atoms with van der Waals surface area (Å²) in [6.07, 6.45) is 8.01. The summed E-state index contributed by atoms with van der Waals surface area (Å²) in [5.74, 6) is 1.10. The number of hydrogen-bond acceptors (Lipinski definition) is 2. The highest BCUT2D eigenvalue weighted by molar-refractivity contribution is 5.20. The van der Waals surface area contributed by atoms with Gasteiger partial charge in [-0.05, 0) is 32.1 Å². The zero-order chi connectivity index (χ0) is 11.4. The molecule has 0 aliphatic heterocycles. The molecule has 90 valence electrons. The Labute approximate surface area is 97.5 Å². The molecule has 1 heterocycles. The first-order valence-electron chi connectivity index (χ1n) is 6.54. The molecule has 0 saturated carbocycles. The van der Waals surface area contributed by atoms with Crippen molar-refractivity contribution < 1.29 is 5.11 Å². The monoisotopic (exact) mass is 222 g/mol. The first-order valence-corrected chi connectivity index (χ1v) is 6.54. The smallest absolute Gasteiger partial charge is 0.111 e. The summed E-state index contributed by atoms with van der Waals surface area (Å²) in [4.78, 5) is 4.70. The Balaban J connectivity index is 2.24. The van der Waals surface area contributed by atoms with E-state index in [0.29, 0.717) is 6.42 Å². The predicted molar refractivity (Wildman–Crippen MR) is 64.6 cm³/mol. The Morgan fingerprint density at radius 2 is 2.12 bits per heavy atom. The molecule has 0 amide bonds. The molecule has 1 aliphatic carbocycles. The lowest BCUT2D eigenvalue weighted by Gasteiger charge is -2.14. The summed E-state index contributed by atoms with van der Waals surface area (Å²) in [6.45, 7) is 3.51. The van der Waals surface area contributed by atoms with E-state index in [9.17, 15) is 0 Å². The van der Waals surface area contributed by atoms with Crippen molar-refractivity contribution in [3.63, 3.8) is 0 Å². The Hall–Kier alpha value is -0.830. The van der Waals surface area contributed by atoms with Crippen LogP contribution in [0.25, 0.3) is 0 Å². The number of aromatic nitrogens is 2. The Bertz CT molecular complexity index is 344. The van der Waals surface area contributed by atoms with Gasteiger partial charge in [0, 0.05) is 18.7 Å². The third-order valence-corrected chi connectivity index (χ3v) is 3.38. The lowest BCUT2D eigenvalue weighted by Crippen LogP contribution is -2.11. The van der Waals surface area contributed by atoms with E-state index in [-0.39, 0.29) is 6.61 Å². The zero-order valence-corrected chi connectivity index (χ0v) is 10.2. The Morgan fingerprint density at radius 3 is 2.88 bits per heavy atom. The summed E-state index contributed by atoms with van der Waals surface area (Å²) < 4.78 is 2.37. The van der Waals surface area contributed by atoms with Gasteiger partial charge in [-0.25, -0.2) is 4.98 Å². The number of imidazole rings is 1. The third-order valence-electron chi connectivity index (χ3n) is 3.38. The fourth-order valence-electron chi connectivity index (χ4n) is 2.53. The van der Waals surface area contributed by atoms with Crippen LogP contribution in [-0.4, -0.2) is 21.3 Å². The predicted octanol–water partition coefficient (Wildman–Crippen LogP) is 2.10. The maximum absolute atomic E-state index is 9.08. The number of aryl methyl sites for hydroxylation is 1. The quantitative estimate of drug-likeness (QED) is 0.828. The molecule has 0 saturated heterocycles. The van der Waals surface area contributed by atoms with E-state index in [1.807, 2.05) is 0 Å². The molecule has 3 heteroatoms. The summed E-state index contributed by atoms with van der Waals surface area (Å²) in [6, 6.07) is 0. The largest absolute Gasteiger partial charge is 0.396 e. The fourth-order valence-corrected chi connectivity index (χ4v) is 2.53. The van der Waals surface area contributed by atoms with Crippen molar-refractivity contribution in [2.75, 3.05) is 6.61 Å². The van der Waals surface area contributed by atoms with Gasteiger partial charge in [-0.1, -0.05) is 13.3 Å². The maximum Gasteiger partial charge on any atom is 0.111 e. The number of hydrogen-bond donors (Lipinski definition) is 1. The van der Waals surface area contributed by atoms with E-state index >= 15 is 0 Å². The molecule has 0 radical (unpaired) electrons. The molecule has 0 bridgehead atoms. The van der Waals surface area contributed by atoms with Crippen molar-refractivity contribution in [1.82, 2.24) is 9.55 Å². The molecule has 0 unspecified atom stereocenters. The second kappa shape index (κ2) is 5.48. The summed E-state index contributed by atoms with van der Waals surface area (Å²) in [5, 5.41) is 9.08. The molecule has 0 atom stereocenters. The van der Waals surface area contributed by atoms with E-state index in [2.05, 4.69) is 11.5 Å². The van der Waals surface area contributed by atoms with E-state index < -0.39 is 0 Å². The highest BCUT2D eigenvalue weighted by Crippen LogP contribution is 2.23. The van der Waals surface area contributed by atoms with E-state index in [1.165, 1.54) is 43.5 Å². The molecule has 0 spiro atoms. The first-order chi connectivity index (χ1) is 7.86. The normalized spacial score (nSPS) is 15.1. The Kier molecular flexibility index (Phi) is 3.99. The van der Waals surface area contributed by atoms with Crippen molar-refractivity contribution in [3.8, 4) is 0 Å². The number of aliphatic hydroxyl groups excluding tert-OH is 1. The van der Waals surface area contributed by atoms with Gasteiger partial charge in [0.05, 0.1) is 12.3 Å². The second-order valence-electron chi connectivity index (χ2n) is 4.61. The topological polar surface area (TPSA) is 38.0 Å². The first kappa shape index (κ1) is 11.6. The zero-order valence-electron chi connectivity index (χ0n) is 10.2. The van der Waals surface area contributed by atoms with Crippen LogP contribution in [0.2, 0.25) is 0 Å². The minimum absolute atomic E-state index is 0.210. The molecule has 2 rings (SSSR count). The Morgan fingerprint density at radius 1 is 1.31 bits per heavy atom. The van der Waals surface area contributed by atoms with E-state index in [1.54, 1.807) is 0 Å². The lowest BCUT2D eigenvalue weighted by atomic mass is 10.0. The summed E-state index contributed by atoms with van der Waals surface area (Å²) >= 11 is 0. The molecule has 0 aromatic carbocycles. The number of aliphatic hydroxyl groups is 1. The van der Waals surface area contributed by atoms with E-state index in [4.69, 9.17) is 10.1 Å². The van der Waals surface area contributed by atoms with Crippen LogP contribution in [0.1, 0.15) is 49.8 Å². The van der Waals surface area contributed by atoms with Crippen LogP contribution in [0.15, 0.2) is 0 Å². The molecule has 1 aromatic heterocycles. The minimum Gasteiger partial charge on any atom is -0.396 e. The van der Waals surface area contributed by atoms with Crippen molar-refractivity contribution >= 4 is 0 Å². The van der Waals surface area contributed by atoms with Crippen LogP contribution in [0.4, 0.5) is 0 Å². The van der Waals surface area contributed by atoms with Gasteiger partial charge in [-0.3, -0.25) is 0 Å². The average molecular weight is 222 g/mol. The molecular weight excluding hydrogens is 200 g/mol. The van der Waals surface area contributed by atoms with Crippen molar-refractivity contribution in [1.29, 1.82) is 0 Å². The van der Waals surface area contributed by atoms with Gasteiger partial charge >= 0.3 is 0 Å². The van der Waals surface area contributed by atoms with Crippen molar-refractivity contribution in [3.05, 3.63) is 17.2 Å². The number of nitrogens with zero attached hydrogens (tertiary/aromatic N) is 2. The van der Waals surface area contributed by atoms with Gasteiger partial charge in [0.25, 0.3) is 0 Å². The molecule has 0 fully saturated rings. The number of fused-ring (bicyclic) bond motifs is 1. The second-order valence-corrected chi connectivity index (χ2v) is 4.61. The van der Waals surface area contributed by atoms with E-state index in [0.717, 1.165) is 18.8 Å². The summed E-state index contributed by atoms with van der Waals surface area (Å²) in [5.41, 5.74) is 2.74. The van der Waals surface area contributed by atoms with Crippen LogP contribution in [0, 0.1) is 0 Å². The number of unbranched alkanes of at least 4 members (excludes halogenated alkanes) is 1.